The average Bonchev–Trinajstić information content (AvgIpc) is 2.07. The van der Waals surface area contributed by atoms with Crippen LogP contribution >= 0.6 is 11.6 Å². The quantitative estimate of drug-likeness (QED) is 0.791. The molecule has 0 aromatic heterocycles. The van der Waals surface area contributed by atoms with Crippen molar-refractivity contribution in [2.45, 2.75) is 19.8 Å². The summed E-state index contributed by atoms with van der Waals surface area (Å²) in [6.07, 6.45) is 1.16. The summed E-state index contributed by atoms with van der Waals surface area (Å²) in [5.74, 6) is -0.308. The number of halogens is 1. The van der Waals surface area contributed by atoms with Gasteiger partial charge in [0, 0.05) is 5.02 Å². The van der Waals surface area contributed by atoms with Crippen molar-refractivity contribution >= 4 is 17.5 Å². The van der Waals surface area contributed by atoms with Gasteiger partial charge < -0.3 is 5.73 Å². The Morgan fingerprint density at radius 2 is 2.15 bits per heavy atom. The Morgan fingerprint density at radius 3 is 2.69 bits per heavy atom. The number of carbonyl (C=O) groups excluding carboxylic acids is 1. The molecule has 3 heteroatoms. The molecular formula is C10H12ClNO. The smallest absolute Gasteiger partial charge is 0.221 e. The zero-order valence-electron chi connectivity index (χ0n) is 7.51. The van der Waals surface area contributed by atoms with Crippen molar-refractivity contribution in [2.24, 2.45) is 5.73 Å². The molecule has 0 fully saturated rings. The molecule has 0 aliphatic rings. The zero-order chi connectivity index (χ0) is 9.84. The summed E-state index contributed by atoms with van der Waals surface area (Å²) in [5, 5.41) is 0.699. The van der Waals surface area contributed by atoms with Crippen LogP contribution in [0, 0.1) is 0 Å². The van der Waals surface area contributed by atoms with E-state index in [0.29, 0.717) is 11.4 Å². The number of rotatable bonds is 3. The molecule has 2 N–H and O–H groups in total. The molecule has 0 aliphatic carbocycles. The van der Waals surface area contributed by atoms with Gasteiger partial charge in [-0.3, -0.25) is 4.79 Å². The lowest BCUT2D eigenvalue weighted by atomic mass is 10.0. The lowest BCUT2D eigenvalue weighted by molar-refractivity contribution is -0.117. The standard InChI is InChI=1S/C10H12ClNO/c1-2-7-5-9(11)4-3-8(7)6-10(12)13/h3-5H,2,6H2,1H3,(H2,12,13). The topological polar surface area (TPSA) is 43.1 Å². The van der Waals surface area contributed by atoms with E-state index < -0.39 is 0 Å². The summed E-state index contributed by atoms with van der Waals surface area (Å²) in [6, 6.07) is 5.50. The maximum absolute atomic E-state index is 10.7. The summed E-state index contributed by atoms with van der Waals surface area (Å²) in [7, 11) is 0. The number of hydrogen-bond acceptors (Lipinski definition) is 1. The molecule has 70 valence electrons. The summed E-state index contributed by atoms with van der Waals surface area (Å²) in [5.41, 5.74) is 7.18. The van der Waals surface area contributed by atoms with Gasteiger partial charge in [-0.25, -0.2) is 0 Å². The first-order valence-corrected chi connectivity index (χ1v) is 4.57. The molecule has 2 nitrogen and oxygen atoms in total. The van der Waals surface area contributed by atoms with Gasteiger partial charge in [-0.05, 0) is 29.7 Å². The van der Waals surface area contributed by atoms with E-state index in [9.17, 15) is 4.79 Å². The average molecular weight is 198 g/mol. The number of carbonyl (C=O) groups is 1. The van der Waals surface area contributed by atoms with Crippen LogP contribution in [0.2, 0.25) is 5.02 Å². The summed E-state index contributed by atoms with van der Waals surface area (Å²) in [6.45, 7) is 2.02. The monoisotopic (exact) mass is 197 g/mol. The van der Waals surface area contributed by atoms with Gasteiger partial charge >= 0.3 is 0 Å². The Hall–Kier alpha value is -1.02. The van der Waals surface area contributed by atoms with E-state index in [1.54, 1.807) is 6.07 Å². The first-order valence-electron chi connectivity index (χ1n) is 4.19. The number of primary amides is 1. The molecule has 1 rings (SSSR count). The van der Waals surface area contributed by atoms with E-state index >= 15 is 0 Å². The second-order valence-corrected chi connectivity index (χ2v) is 3.35. The van der Waals surface area contributed by atoms with Crippen LogP contribution in [0.3, 0.4) is 0 Å². The first-order chi connectivity index (χ1) is 6.13. The molecule has 0 aliphatic heterocycles. The van der Waals surface area contributed by atoms with E-state index in [0.717, 1.165) is 17.5 Å². The van der Waals surface area contributed by atoms with Gasteiger partial charge in [0.15, 0.2) is 0 Å². The lowest BCUT2D eigenvalue weighted by Gasteiger charge is -2.05. The van der Waals surface area contributed by atoms with Crippen LogP contribution < -0.4 is 5.73 Å². The van der Waals surface area contributed by atoms with E-state index in [1.807, 2.05) is 19.1 Å². The molecule has 0 saturated heterocycles. The third-order valence-corrected chi connectivity index (χ3v) is 2.15. The Balaban J connectivity index is 2.99. The second-order valence-electron chi connectivity index (χ2n) is 2.91. The van der Waals surface area contributed by atoms with Crippen molar-refractivity contribution in [3.8, 4) is 0 Å². The molecule has 1 aromatic rings. The second kappa shape index (κ2) is 4.28. The molecule has 1 amide bonds. The third kappa shape index (κ3) is 2.74. The van der Waals surface area contributed by atoms with Crippen LogP contribution in [0.5, 0.6) is 0 Å². The number of hydrogen-bond donors (Lipinski definition) is 1. The molecule has 13 heavy (non-hydrogen) atoms. The largest absolute Gasteiger partial charge is 0.369 e. The Morgan fingerprint density at radius 1 is 1.46 bits per heavy atom. The van der Waals surface area contributed by atoms with Crippen LogP contribution in [0.15, 0.2) is 18.2 Å². The fraction of sp³-hybridized carbons (Fsp3) is 0.300. The van der Waals surface area contributed by atoms with Gasteiger partial charge in [0.1, 0.15) is 0 Å². The predicted molar refractivity (Wildman–Crippen MR) is 53.7 cm³/mol. The third-order valence-electron chi connectivity index (χ3n) is 1.91. The molecule has 0 radical (unpaired) electrons. The van der Waals surface area contributed by atoms with Crippen molar-refractivity contribution in [3.05, 3.63) is 34.3 Å². The minimum Gasteiger partial charge on any atom is -0.369 e. The van der Waals surface area contributed by atoms with E-state index in [4.69, 9.17) is 17.3 Å². The van der Waals surface area contributed by atoms with E-state index in [-0.39, 0.29) is 5.91 Å². The highest BCUT2D eigenvalue weighted by atomic mass is 35.5. The highest BCUT2D eigenvalue weighted by Crippen LogP contribution is 2.16. The molecule has 0 bridgehead atoms. The molecule has 0 saturated carbocycles. The lowest BCUT2D eigenvalue weighted by Crippen LogP contribution is -2.14. The van der Waals surface area contributed by atoms with Gasteiger partial charge in [-0.15, -0.1) is 0 Å². The zero-order valence-corrected chi connectivity index (χ0v) is 8.27. The first kappa shape index (κ1) is 10.1. The minimum absolute atomic E-state index is 0.292. The number of benzene rings is 1. The molecule has 1 aromatic carbocycles. The fourth-order valence-corrected chi connectivity index (χ4v) is 1.48. The van der Waals surface area contributed by atoms with Crippen molar-refractivity contribution < 1.29 is 4.79 Å². The Kier molecular flexibility index (Phi) is 3.32. The summed E-state index contributed by atoms with van der Waals surface area (Å²) in [4.78, 5) is 10.7. The maximum Gasteiger partial charge on any atom is 0.221 e. The number of amides is 1. The maximum atomic E-state index is 10.7. The highest BCUT2D eigenvalue weighted by Gasteiger charge is 2.04. The van der Waals surface area contributed by atoms with Crippen LogP contribution in [-0.2, 0) is 17.6 Å². The van der Waals surface area contributed by atoms with Crippen molar-refractivity contribution in [3.63, 3.8) is 0 Å². The SMILES string of the molecule is CCc1cc(Cl)ccc1CC(N)=O. The van der Waals surface area contributed by atoms with Crippen LogP contribution in [0.1, 0.15) is 18.1 Å². The predicted octanol–water partition coefficient (Wildman–Crippen LogP) is 1.93. The molecule has 0 heterocycles. The summed E-state index contributed by atoms with van der Waals surface area (Å²) >= 11 is 5.82. The molecule has 0 unspecified atom stereocenters. The normalized spacial score (nSPS) is 10.0. The van der Waals surface area contributed by atoms with Gasteiger partial charge in [0.2, 0.25) is 5.91 Å². The van der Waals surface area contributed by atoms with Gasteiger partial charge in [0.25, 0.3) is 0 Å². The van der Waals surface area contributed by atoms with Gasteiger partial charge in [-0.1, -0.05) is 24.6 Å². The van der Waals surface area contributed by atoms with E-state index in [2.05, 4.69) is 0 Å². The minimum atomic E-state index is -0.308. The van der Waals surface area contributed by atoms with Crippen molar-refractivity contribution in [1.29, 1.82) is 0 Å². The molecule has 0 atom stereocenters. The molecule has 0 spiro atoms. The van der Waals surface area contributed by atoms with E-state index in [1.165, 1.54) is 0 Å². The Bertz CT molecular complexity index is 323. The Labute approximate surface area is 82.7 Å². The fourth-order valence-electron chi connectivity index (χ4n) is 1.28. The van der Waals surface area contributed by atoms with Crippen LogP contribution in [0.4, 0.5) is 0 Å². The van der Waals surface area contributed by atoms with Gasteiger partial charge in [-0.2, -0.15) is 0 Å². The molecular weight excluding hydrogens is 186 g/mol. The summed E-state index contributed by atoms with van der Waals surface area (Å²) < 4.78 is 0. The number of nitrogens with two attached hydrogens (primary N) is 1. The number of aryl methyl sites for hydroxylation is 1. The van der Waals surface area contributed by atoms with Crippen molar-refractivity contribution in [1.82, 2.24) is 0 Å². The van der Waals surface area contributed by atoms with Gasteiger partial charge in [0.05, 0.1) is 6.42 Å². The highest BCUT2D eigenvalue weighted by molar-refractivity contribution is 6.30. The van der Waals surface area contributed by atoms with Crippen LogP contribution in [-0.4, -0.2) is 5.91 Å². The van der Waals surface area contributed by atoms with Crippen LogP contribution in [0.25, 0.3) is 0 Å². The van der Waals surface area contributed by atoms with Crippen molar-refractivity contribution in [2.75, 3.05) is 0 Å².